The lowest BCUT2D eigenvalue weighted by atomic mass is 10.2. The van der Waals surface area contributed by atoms with E-state index in [2.05, 4.69) is 0 Å². The van der Waals surface area contributed by atoms with Crippen LogP contribution >= 0.6 is 0 Å². The monoisotopic (exact) mass is 196 g/mol. The van der Waals surface area contributed by atoms with Crippen molar-refractivity contribution in [2.75, 3.05) is 6.61 Å². The van der Waals surface area contributed by atoms with Gasteiger partial charge in [-0.1, -0.05) is 13.8 Å². The van der Waals surface area contributed by atoms with Gasteiger partial charge in [-0.15, -0.1) is 0 Å². The van der Waals surface area contributed by atoms with E-state index in [1.54, 1.807) is 0 Å². The number of hydrogen-bond acceptors (Lipinski definition) is 2. The molecule has 3 heteroatoms. The Bertz CT molecular complexity index is 321. The topological polar surface area (TPSA) is 26.3 Å². The summed E-state index contributed by atoms with van der Waals surface area (Å²) in [4.78, 5) is 10.4. The Hall–Kier alpha value is -1.38. The largest absolute Gasteiger partial charge is 0.493 e. The van der Waals surface area contributed by atoms with Crippen molar-refractivity contribution in [3.05, 3.63) is 29.6 Å². The van der Waals surface area contributed by atoms with E-state index in [4.69, 9.17) is 4.74 Å². The van der Waals surface area contributed by atoms with Gasteiger partial charge >= 0.3 is 0 Å². The van der Waals surface area contributed by atoms with Gasteiger partial charge in [-0.2, -0.15) is 0 Å². The minimum atomic E-state index is -0.517. The van der Waals surface area contributed by atoms with Gasteiger partial charge in [0.15, 0.2) is 6.29 Å². The van der Waals surface area contributed by atoms with Crippen LogP contribution in [0.5, 0.6) is 5.75 Å². The summed E-state index contributed by atoms with van der Waals surface area (Å²) in [6.07, 6.45) is 0.484. The van der Waals surface area contributed by atoms with E-state index >= 15 is 0 Å². The normalized spacial score (nSPS) is 10.3. The van der Waals surface area contributed by atoms with Crippen molar-refractivity contribution in [1.82, 2.24) is 0 Å². The van der Waals surface area contributed by atoms with Gasteiger partial charge in [-0.3, -0.25) is 4.79 Å². The van der Waals surface area contributed by atoms with Gasteiger partial charge in [0, 0.05) is 0 Å². The van der Waals surface area contributed by atoms with Crippen LogP contribution < -0.4 is 4.74 Å². The molecule has 0 aliphatic heterocycles. The molecule has 0 radical (unpaired) electrons. The smallest absolute Gasteiger partial charge is 0.153 e. The standard InChI is InChI=1S/C11H13FO2/c1-8(2)7-14-10-3-4-11(12)9(5-10)6-13/h3-6,8H,7H2,1-2H3. The molecule has 0 atom stereocenters. The summed E-state index contributed by atoms with van der Waals surface area (Å²) in [5, 5.41) is 0. The average molecular weight is 196 g/mol. The van der Waals surface area contributed by atoms with E-state index in [0.717, 1.165) is 0 Å². The summed E-state index contributed by atoms with van der Waals surface area (Å²) in [7, 11) is 0. The van der Waals surface area contributed by atoms with Crippen LogP contribution in [-0.2, 0) is 0 Å². The fraction of sp³-hybridized carbons (Fsp3) is 0.364. The predicted molar refractivity (Wildman–Crippen MR) is 52.1 cm³/mol. The molecule has 0 saturated heterocycles. The van der Waals surface area contributed by atoms with Crippen molar-refractivity contribution in [2.45, 2.75) is 13.8 Å². The van der Waals surface area contributed by atoms with Crippen molar-refractivity contribution >= 4 is 6.29 Å². The van der Waals surface area contributed by atoms with E-state index in [1.165, 1.54) is 18.2 Å². The molecular weight excluding hydrogens is 183 g/mol. The molecule has 1 aromatic rings. The van der Waals surface area contributed by atoms with Gasteiger partial charge in [-0.25, -0.2) is 4.39 Å². The molecule has 14 heavy (non-hydrogen) atoms. The maximum Gasteiger partial charge on any atom is 0.153 e. The molecule has 2 nitrogen and oxygen atoms in total. The molecule has 1 aromatic carbocycles. The van der Waals surface area contributed by atoms with Gasteiger partial charge in [0.05, 0.1) is 12.2 Å². The molecular formula is C11H13FO2. The molecule has 0 amide bonds. The Labute approximate surface area is 82.7 Å². The lowest BCUT2D eigenvalue weighted by Gasteiger charge is -2.08. The molecule has 0 fully saturated rings. The minimum Gasteiger partial charge on any atom is -0.493 e. The Morgan fingerprint density at radius 1 is 1.50 bits per heavy atom. The van der Waals surface area contributed by atoms with E-state index < -0.39 is 5.82 Å². The van der Waals surface area contributed by atoms with Crippen LogP contribution in [0.1, 0.15) is 24.2 Å². The molecule has 0 spiro atoms. The number of rotatable bonds is 4. The maximum atomic E-state index is 12.9. The lowest BCUT2D eigenvalue weighted by molar-refractivity contribution is 0.111. The number of halogens is 1. The highest BCUT2D eigenvalue weighted by Crippen LogP contribution is 2.16. The van der Waals surface area contributed by atoms with E-state index in [1.807, 2.05) is 13.8 Å². The fourth-order valence-electron chi connectivity index (χ4n) is 0.965. The highest BCUT2D eigenvalue weighted by atomic mass is 19.1. The minimum absolute atomic E-state index is 0.0336. The van der Waals surface area contributed by atoms with Crippen molar-refractivity contribution in [1.29, 1.82) is 0 Å². The molecule has 0 aromatic heterocycles. The van der Waals surface area contributed by atoms with Gasteiger partial charge in [-0.05, 0) is 24.1 Å². The Balaban J connectivity index is 2.74. The number of ether oxygens (including phenoxy) is 1. The second-order valence-electron chi connectivity index (χ2n) is 3.51. The average Bonchev–Trinajstić information content (AvgIpc) is 2.16. The van der Waals surface area contributed by atoms with Gasteiger partial charge in [0.1, 0.15) is 11.6 Å². The number of benzene rings is 1. The summed E-state index contributed by atoms with van der Waals surface area (Å²) in [6, 6.07) is 4.16. The predicted octanol–water partition coefficient (Wildman–Crippen LogP) is 2.67. The lowest BCUT2D eigenvalue weighted by Crippen LogP contribution is -2.04. The second kappa shape index (κ2) is 4.74. The third kappa shape index (κ3) is 2.83. The summed E-state index contributed by atoms with van der Waals surface area (Å²) in [5.41, 5.74) is 0.0336. The molecule has 0 heterocycles. The summed E-state index contributed by atoms with van der Waals surface area (Å²) < 4.78 is 18.2. The van der Waals surface area contributed by atoms with Crippen LogP contribution in [-0.4, -0.2) is 12.9 Å². The van der Waals surface area contributed by atoms with Crippen molar-refractivity contribution < 1.29 is 13.9 Å². The van der Waals surface area contributed by atoms with Crippen LogP contribution in [0.4, 0.5) is 4.39 Å². The third-order valence-corrected chi connectivity index (χ3v) is 1.68. The molecule has 0 saturated carbocycles. The van der Waals surface area contributed by atoms with Crippen LogP contribution in [0, 0.1) is 11.7 Å². The quantitative estimate of drug-likeness (QED) is 0.692. The molecule has 1 rings (SSSR count). The first-order valence-corrected chi connectivity index (χ1v) is 4.51. The van der Waals surface area contributed by atoms with E-state index in [9.17, 15) is 9.18 Å². The molecule has 0 bridgehead atoms. The second-order valence-corrected chi connectivity index (χ2v) is 3.51. The van der Waals surface area contributed by atoms with E-state index in [-0.39, 0.29) is 5.56 Å². The maximum absolute atomic E-state index is 12.9. The first-order chi connectivity index (χ1) is 6.63. The van der Waals surface area contributed by atoms with Gasteiger partial charge in [0.2, 0.25) is 0 Å². The van der Waals surface area contributed by atoms with Crippen LogP contribution in [0.25, 0.3) is 0 Å². The summed E-state index contributed by atoms with van der Waals surface area (Å²) in [6.45, 7) is 4.60. The highest BCUT2D eigenvalue weighted by molar-refractivity contribution is 5.75. The SMILES string of the molecule is CC(C)COc1ccc(F)c(C=O)c1. The zero-order valence-corrected chi connectivity index (χ0v) is 8.29. The summed E-state index contributed by atoms with van der Waals surface area (Å²) in [5.74, 6) is 0.416. The highest BCUT2D eigenvalue weighted by Gasteiger charge is 2.03. The molecule has 0 N–H and O–H groups in total. The first kappa shape index (κ1) is 10.7. The molecule has 0 unspecified atom stereocenters. The molecule has 0 aliphatic rings. The molecule has 0 aliphatic carbocycles. The van der Waals surface area contributed by atoms with Crippen LogP contribution in [0.2, 0.25) is 0 Å². The third-order valence-electron chi connectivity index (χ3n) is 1.68. The van der Waals surface area contributed by atoms with Crippen molar-refractivity contribution in [3.8, 4) is 5.75 Å². The number of carbonyl (C=O) groups is 1. The fourth-order valence-corrected chi connectivity index (χ4v) is 0.965. The molecule has 76 valence electrons. The number of carbonyl (C=O) groups excluding carboxylic acids is 1. The van der Waals surface area contributed by atoms with Crippen LogP contribution in [0.15, 0.2) is 18.2 Å². The number of aldehydes is 1. The number of hydrogen-bond donors (Lipinski definition) is 0. The van der Waals surface area contributed by atoms with Crippen molar-refractivity contribution in [2.24, 2.45) is 5.92 Å². The zero-order chi connectivity index (χ0) is 10.6. The Morgan fingerprint density at radius 2 is 2.21 bits per heavy atom. The van der Waals surface area contributed by atoms with Crippen molar-refractivity contribution in [3.63, 3.8) is 0 Å². The summed E-state index contributed by atoms with van der Waals surface area (Å²) >= 11 is 0. The van der Waals surface area contributed by atoms with Crippen LogP contribution in [0.3, 0.4) is 0 Å². The Kier molecular flexibility index (Phi) is 3.63. The Morgan fingerprint density at radius 3 is 2.79 bits per heavy atom. The zero-order valence-electron chi connectivity index (χ0n) is 8.29. The first-order valence-electron chi connectivity index (χ1n) is 4.51. The van der Waals surface area contributed by atoms with E-state index in [0.29, 0.717) is 24.6 Å². The van der Waals surface area contributed by atoms with Gasteiger partial charge in [0.25, 0.3) is 0 Å². The van der Waals surface area contributed by atoms with Gasteiger partial charge < -0.3 is 4.74 Å².